The maximum absolute atomic E-state index is 13.4. The monoisotopic (exact) mass is 526 g/mol. The second kappa shape index (κ2) is 10.6. The number of H-pyrrole nitrogens is 1. The Bertz CT molecular complexity index is 1350. The number of aromatic nitrogens is 2. The van der Waals surface area contributed by atoms with E-state index in [1.807, 2.05) is 50.4 Å². The highest BCUT2D eigenvalue weighted by Gasteiger charge is 2.37. The molecule has 0 atom stereocenters. The van der Waals surface area contributed by atoms with E-state index in [9.17, 15) is 9.59 Å². The first kappa shape index (κ1) is 26.0. The number of hydrogen-bond donors (Lipinski definition) is 3. The van der Waals surface area contributed by atoms with Crippen LogP contribution in [-0.4, -0.2) is 66.0 Å². The summed E-state index contributed by atoms with van der Waals surface area (Å²) in [6.07, 6.45) is 1.51. The molecule has 5 rings (SSSR count). The number of fused-ring (bicyclic) bond motifs is 1. The number of thioether (sulfide) groups is 1. The smallest absolute Gasteiger partial charge is 0.254 e. The van der Waals surface area contributed by atoms with E-state index >= 15 is 0 Å². The summed E-state index contributed by atoms with van der Waals surface area (Å²) < 4.78 is 19.5. The molecule has 3 aromatic rings. The molecule has 2 saturated heterocycles. The second-order valence-electron chi connectivity index (χ2n) is 10.1. The molecular formula is C27H34N4O5S. The molecule has 0 bridgehead atoms. The van der Waals surface area contributed by atoms with Crippen LogP contribution in [0.2, 0.25) is 0 Å². The number of pyridine rings is 1. The Kier molecular flexibility index (Phi) is 7.46. The van der Waals surface area contributed by atoms with Gasteiger partial charge in [-0.1, -0.05) is 18.2 Å². The number of hydrogen-bond acceptors (Lipinski definition) is 7. The molecule has 0 saturated carbocycles. The first-order chi connectivity index (χ1) is 17.8. The van der Waals surface area contributed by atoms with Crippen molar-refractivity contribution < 1.29 is 19.0 Å². The molecule has 0 aliphatic carbocycles. The summed E-state index contributed by atoms with van der Waals surface area (Å²) in [4.78, 5) is 29.6. The van der Waals surface area contributed by atoms with Crippen LogP contribution >= 0.6 is 11.8 Å². The summed E-state index contributed by atoms with van der Waals surface area (Å²) in [6, 6.07) is 9.87. The lowest BCUT2D eigenvalue weighted by Gasteiger charge is -2.43. The Labute approximate surface area is 220 Å². The van der Waals surface area contributed by atoms with Crippen LogP contribution in [-0.2, 0) is 27.3 Å². The van der Waals surface area contributed by atoms with Gasteiger partial charge in [-0.05, 0) is 39.2 Å². The first-order valence-corrected chi connectivity index (χ1v) is 13.7. The van der Waals surface area contributed by atoms with Gasteiger partial charge >= 0.3 is 0 Å². The van der Waals surface area contributed by atoms with Gasteiger partial charge in [0.1, 0.15) is 0 Å². The fourth-order valence-corrected chi connectivity index (χ4v) is 5.82. The van der Waals surface area contributed by atoms with Gasteiger partial charge in [-0.2, -0.15) is 0 Å². The van der Waals surface area contributed by atoms with Crippen LogP contribution in [0.5, 0.6) is 0 Å². The Morgan fingerprint density at radius 2 is 1.95 bits per heavy atom. The third-order valence-electron chi connectivity index (χ3n) is 7.03. The summed E-state index contributed by atoms with van der Waals surface area (Å²) in [5.74, 6) is -0.217. The minimum absolute atomic E-state index is 0.0141. The molecule has 0 spiro atoms. The summed E-state index contributed by atoms with van der Waals surface area (Å²) in [6.45, 7) is 9.04. The molecule has 2 aliphatic rings. The van der Waals surface area contributed by atoms with Gasteiger partial charge in [-0.25, -0.2) is 0 Å². The number of benzene rings is 1. The van der Waals surface area contributed by atoms with Crippen LogP contribution in [0.4, 0.5) is 0 Å². The van der Waals surface area contributed by atoms with Gasteiger partial charge in [0, 0.05) is 39.3 Å². The molecule has 10 heteroatoms. The zero-order valence-corrected chi connectivity index (χ0v) is 22.5. The minimum Gasteiger partial charge on any atom is -0.377 e. The Balaban J connectivity index is 1.31. The Morgan fingerprint density at radius 3 is 2.62 bits per heavy atom. The van der Waals surface area contributed by atoms with Crippen molar-refractivity contribution in [1.29, 1.82) is 0 Å². The molecule has 2 aliphatic heterocycles. The van der Waals surface area contributed by atoms with E-state index < -0.39 is 6.29 Å². The molecule has 3 N–H and O–H groups in total. The minimum atomic E-state index is -0.413. The fraction of sp³-hybridized carbons (Fsp3) is 0.481. The van der Waals surface area contributed by atoms with Crippen LogP contribution < -0.4 is 16.2 Å². The van der Waals surface area contributed by atoms with Crippen molar-refractivity contribution >= 4 is 28.6 Å². The van der Waals surface area contributed by atoms with Gasteiger partial charge in [0.15, 0.2) is 6.29 Å². The highest BCUT2D eigenvalue weighted by Crippen LogP contribution is 2.28. The van der Waals surface area contributed by atoms with Crippen molar-refractivity contribution in [3.05, 3.63) is 63.2 Å². The summed E-state index contributed by atoms with van der Waals surface area (Å²) in [5.41, 5.74) is 3.52. The summed E-state index contributed by atoms with van der Waals surface area (Å²) >= 11 is 1.49. The van der Waals surface area contributed by atoms with Crippen molar-refractivity contribution in [2.75, 3.05) is 32.7 Å². The van der Waals surface area contributed by atoms with Crippen LogP contribution in [0.3, 0.4) is 0 Å². The van der Waals surface area contributed by atoms with Gasteiger partial charge in [-0.3, -0.25) is 9.59 Å². The predicted molar refractivity (Wildman–Crippen MR) is 143 cm³/mol. The summed E-state index contributed by atoms with van der Waals surface area (Å²) in [5, 5.41) is 7.39. The van der Waals surface area contributed by atoms with Crippen molar-refractivity contribution in [3.63, 3.8) is 0 Å². The zero-order chi connectivity index (χ0) is 26.2. The van der Waals surface area contributed by atoms with Crippen molar-refractivity contribution in [2.24, 2.45) is 0 Å². The van der Waals surface area contributed by atoms with E-state index in [1.54, 1.807) is 0 Å². The van der Waals surface area contributed by atoms with Crippen molar-refractivity contribution in [2.45, 2.75) is 56.6 Å². The number of carbonyl (C=O) groups is 1. The third-order valence-corrected chi connectivity index (χ3v) is 7.83. The van der Waals surface area contributed by atoms with E-state index in [-0.39, 0.29) is 29.6 Å². The van der Waals surface area contributed by atoms with Crippen LogP contribution in [0.25, 0.3) is 10.9 Å². The number of amides is 1. The number of nitrogens with one attached hydrogen (secondary N) is 3. The zero-order valence-electron chi connectivity index (χ0n) is 21.7. The lowest BCUT2D eigenvalue weighted by molar-refractivity contribution is -0.202. The number of ether oxygens (including phenoxy) is 3. The number of aromatic amines is 1. The normalized spacial score (nSPS) is 21.1. The number of para-hydroxylation sites is 1. The van der Waals surface area contributed by atoms with Crippen LogP contribution in [0.15, 0.2) is 40.0 Å². The molecule has 4 heterocycles. The average molecular weight is 527 g/mol. The quantitative estimate of drug-likeness (QED) is 0.388. The lowest BCUT2D eigenvalue weighted by Crippen LogP contribution is -2.63. The molecule has 0 radical (unpaired) electrons. The van der Waals surface area contributed by atoms with Gasteiger partial charge < -0.3 is 34.4 Å². The van der Waals surface area contributed by atoms with Gasteiger partial charge in [0.25, 0.3) is 11.5 Å². The average Bonchev–Trinajstić information content (AvgIpc) is 3.14. The molecule has 2 aromatic heterocycles. The number of aryl methyl sites for hydroxylation is 1. The van der Waals surface area contributed by atoms with Gasteiger partial charge in [0.2, 0.25) is 0 Å². The van der Waals surface area contributed by atoms with Gasteiger partial charge in [-0.15, -0.1) is 11.8 Å². The molecule has 2 fully saturated rings. The van der Waals surface area contributed by atoms with E-state index in [4.69, 9.17) is 14.2 Å². The van der Waals surface area contributed by atoms with Crippen molar-refractivity contribution in [1.82, 2.24) is 20.2 Å². The molecule has 37 heavy (non-hydrogen) atoms. The standard InChI is InChI=1S/C27H34N4O5S/c1-16-9-22(37-4)20(25(32)29-16)10-28-26(33)24-17(2)31(21-8-6-5-7-19(21)24)11-23-35-12-18(13-36-23)30-27(3)14-34-15-27/h5-9,18,23,30H,10-15H2,1-4H3,(H,28,33)(H,29,32). The molecule has 198 valence electrons. The Morgan fingerprint density at radius 1 is 1.22 bits per heavy atom. The molecule has 9 nitrogen and oxygen atoms in total. The predicted octanol–water partition coefficient (Wildman–Crippen LogP) is 2.72. The molecular weight excluding hydrogens is 492 g/mol. The topological polar surface area (TPSA) is 107 Å². The molecule has 0 unspecified atom stereocenters. The number of carbonyl (C=O) groups excluding carboxylic acids is 1. The fourth-order valence-electron chi connectivity index (χ4n) is 5.11. The molecule has 1 aromatic carbocycles. The Hall–Kier alpha value is -2.63. The van der Waals surface area contributed by atoms with E-state index in [0.717, 1.165) is 27.2 Å². The molecule has 1 amide bonds. The third kappa shape index (κ3) is 5.35. The second-order valence-corrected chi connectivity index (χ2v) is 10.9. The van der Waals surface area contributed by atoms with E-state index in [1.165, 1.54) is 11.8 Å². The lowest BCUT2D eigenvalue weighted by atomic mass is 9.99. The number of nitrogens with zero attached hydrogens (tertiary/aromatic N) is 1. The maximum Gasteiger partial charge on any atom is 0.254 e. The first-order valence-electron chi connectivity index (χ1n) is 12.5. The van der Waals surface area contributed by atoms with Crippen LogP contribution in [0, 0.1) is 13.8 Å². The highest BCUT2D eigenvalue weighted by molar-refractivity contribution is 7.98. The summed E-state index contributed by atoms with van der Waals surface area (Å²) in [7, 11) is 0. The van der Waals surface area contributed by atoms with Gasteiger partial charge in [0.05, 0.1) is 50.1 Å². The van der Waals surface area contributed by atoms with Crippen LogP contribution in [0.1, 0.15) is 34.2 Å². The largest absolute Gasteiger partial charge is 0.377 e. The highest BCUT2D eigenvalue weighted by atomic mass is 32.2. The van der Waals surface area contributed by atoms with Crippen molar-refractivity contribution in [3.8, 4) is 0 Å². The van der Waals surface area contributed by atoms with E-state index in [0.29, 0.717) is 44.1 Å². The maximum atomic E-state index is 13.4. The van der Waals surface area contributed by atoms with E-state index in [2.05, 4.69) is 27.1 Å². The SMILES string of the molecule is CSc1cc(C)[nH]c(=O)c1CNC(=O)c1c(C)n(CC2OCC(NC3(C)COC3)CO2)c2ccccc12. The number of rotatable bonds is 8.